The molecule has 0 spiro atoms. The Labute approximate surface area is 162 Å². The molecule has 3 unspecified atom stereocenters. The van der Waals surface area contributed by atoms with Gasteiger partial charge in [0.15, 0.2) is 0 Å². The molecule has 12 nitrogen and oxygen atoms in total. The molecule has 12 heteroatoms. The third kappa shape index (κ3) is 9.83. The van der Waals surface area contributed by atoms with E-state index in [1.807, 2.05) is 0 Å². The standard InChI is InChI=1S/C16H29N5O7/c1-8(2)5-10(15(26)21-11(7-22)16(27)28)20-14(25)9(3-4-12(18)23)19-13(24)6-17/h8-11,22H,3-7,17H2,1-2H3,(H2,18,23)(H,19,24)(H,20,25)(H,21,26)(H,27,28). The third-order valence-electron chi connectivity index (χ3n) is 3.65. The third-order valence-corrected chi connectivity index (χ3v) is 3.65. The van der Waals surface area contributed by atoms with Gasteiger partial charge in [0.2, 0.25) is 23.6 Å². The summed E-state index contributed by atoms with van der Waals surface area (Å²) in [5.74, 6) is -4.34. The fourth-order valence-electron chi connectivity index (χ4n) is 2.24. The van der Waals surface area contributed by atoms with Crippen molar-refractivity contribution in [3.05, 3.63) is 0 Å². The van der Waals surface area contributed by atoms with Gasteiger partial charge in [0.1, 0.15) is 18.1 Å². The smallest absolute Gasteiger partial charge is 0.328 e. The van der Waals surface area contributed by atoms with Crippen LogP contribution in [0.1, 0.15) is 33.1 Å². The van der Waals surface area contributed by atoms with E-state index in [1.165, 1.54) is 0 Å². The molecule has 28 heavy (non-hydrogen) atoms. The van der Waals surface area contributed by atoms with Crippen molar-refractivity contribution in [1.29, 1.82) is 0 Å². The molecule has 9 N–H and O–H groups in total. The topological polar surface area (TPSA) is 214 Å². The van der Waals surface area contributed by atoms with E-state index in [0.717, 1.165) is 0 Å². The van der Waals surface area contributed by atoms with E-state index in [-0.39, 0.29) is 31.7 Å². The van der Waals surface area contributed by atoms with Crippen LogP contribution in [-0.2, 0) is 24.0 Å². The molecule has 0 aromatic rings. The molecular weight excluding hydrogens is 374 g/mol. The number of nitrogens with two attached hydrogens (primary N) is 2. The van der Waals surface area contributed by atoms with E-state index in [9.17, 15) is 24.0 Å². The van der Waals surface area contributed by atoms with Crippen molar-refractivity contribution in [1.82, 2.24) is 16.0 Å². The van der Waals surface area contributed by atoms with Gasteiger partial charge in [0, 0.05) is 6.42 Å². The maximum atomic E-state index is 12.5. The molecule has 0 aliphatic heterocycles. The minimum atomic E-state index is -1.53. The highest BCUT2D eigenvalue weighted by molar-refractivity contribution is 5.93. The quantitative estimate of drug-likeness (QED) is 0.166. The van der Waals surface area contributed by atoms with Crippen LogP contribution in [0.4, 0.5) is 0 Å². The fraction of sp³-hybridized carbons (Fsp3) is 0.688. The van der Waals surface area contributed by atoms with Crippen LogP contribution in [0, 0.1) is 5.92 Å². The summed E-state index contributed by atoms with van der Waals surface area (Å²) in [4.78, 5) is 58.4. The largest absolute Gasteiger partial charge is 0.480 e. The van der Waals surface area contributed by atoms with Crippen LogP contribution in [0.25, 0.3) is 0 Å². The number of hydrogen-bond acceptors (Lipinski definition) is 7. The van der Waals surface area contributed by atoms with Gasteiger partial charge in [0.25, 0.3) is 0 Å². The average Bonchev–Trinajstić information content (AvgIpc) is 2.60. The van der Waals surface area contributed by atoms with E-state index < -0.39 is 54.3 Å². The summed E-state index contributed by atoms with van der Waals surface area (Å²) in [7, 11) is 0. The SMILES string of the molecule is CC(C)CC(NC(=O)C(CCC(N)=O)NC(=O)CN)C(=O)NC(CO)C(=O)O. The first-order chi connectivity index (χ1) is 13.0. The van der Waals surface area contributed by atoms with Crippen molar-refractivity contribution < 1.29 is 34.2 Å². The predicted molar refractivity (Wildman–Crippen MR) is 97.5 cm³/mol. The molecule has 160 valence electrons. The first kappa shape index (κ1) is 25.3. The summed E-state index contributed by atoms with van der Waals surface area (Å²) < 4.78 is 0. The summed E-state index contributed by atoms with van der Waals surface area (Å²) in [6, 6.07) is -3.80. The zero-order valence-corrected chi connectivity index (χ0v) is 15.9. The van der Waals surface area contributed by atoms with Crippen LogP contribution in [0.2, 0.25) is 0 Å². The van der Waals surface area contributed by atoms with Gasteiger partial charge in [-0.15, -0.1) is 0 Å². The normalized spacial score (nSPS) is 13.9. The number of carbonyl (C=O) groups excluding carboxylic acids is 4. The average molecular weight is 403 g/mol. The van der Waals surface area contributed by atoms with Crippen LogP contribution in [0.3, 0.4) is 0 Å². The predicted octanol–water partition coefficient (Wildman–Crippen LogP) is -3.21. The molecule has 0 saturated heterocycles. The van der Waals surface area contributed by atoms with Crippen molar-refractivity contribution in [2.75, 3.05) is 13.2 Å². The minimum Gasteiger partial charge on any atom is -0.480 e. The highest BCUT2D eigenvalue weighted by atomic mass is 16.4. The van der Waals surface area contributed by atoms with Gasteiger partial charge in [-0.3, -0.25) is 19.2 Å². The molecule has 4 amide bonds. The maximum Gasteiger partial charge on any atom is 0.328 e. The number of nitrogens with one attached hydrogen (secondary N) is 3. The Balaban J connectivity index is 5.29. The molecule has 0 heterocycles. The number of carboxylic acids is 1. The molecule has 0 fully saturated rings. The van der Waals surface area contributed by atoms with Crippen molar-refractivity contribution in [2.24, 2.45) is 17.4 Å². The van der Waals surface area contributed by atoms with Crippen LogP contribution in [0.5, 0.6) is 0 Å². The van der Waals surface area contributed by atoms with Gasteiger partial charge in [-0.05, 0) is 18.8 Å². The monoisotopic (exact) mass is 403 g/mol. The second kappa shape index (κ2) is 12.6. The number of carboxylic acid groups (broad SMARTS) is 1. The number of aliphatic carboxylic acids is 1. The Morgan fingerprint density at radius 1 is 0.929 bits per heavy atom. The van der Waals surface area contributed by atoms with Crippen molar-refractivity contribution in [3.63, 3.8) is 0 Å². The number of amides is 4. The molecule has 0 aromatic carbocycles. The van der Waals surface area contributed by atoms with Gasteiger partial charge >= 0.3 is 5.97 Å². The zero-order chi connectivity index (χ0) is 21.9. The fourth-order valence-corrected chi connectivity index (χ4v) is 2.24. The lowest BCUT2D eigenvalue weighted by atomic mass is 10.0. The summed E-state index contributed by atoms with van der Waals surface area (Å²) in [6.45, 7) is 2.37. The lowest BCUT2D eigenvalue weighted by Crippen LogP contribution is -2.57. The van der Waals surface area contributed by atoms with E-state index in [1.54, 1.807) is 13.8 Å². The number of rotatable bonds is 13. The van der Waals surface area contributed by atoms with Crippen LogP contribution < -0.4 is 27.4 Å². The van der Waals surface area contributed by atoms with Crippen LogP contribution >= 0.6 is 0 Å². The minimum absolute atomic E-state index is 0.0452. The van der Waals surface area contributed by atoms with Gasteiger partial charge in [-0.2, -0.15) is 0 Å². The number of aliphatic hydroxyl groups is 1. The molecule has 3 atom stereocenters. The Bertz CT molecular complexity index is 582. The molecule has 0 bridgehead atoms. The second-order valence-electron chi connectivity index (χ2n) is 6.60. The molecule has 0 aliphatic rings. The van der Waals surface area contributed by atoms with E-state index in [4.69, 9.17) is 21.7 Å². The van der Waals surface area contributed by atoms with Crippen molar-refractivity contribution >= 4 is 29.6 Å². The van der Waals surface area contributed by atoms with Gasteiger partial charge < -0.3 is 37.6 Å². The van der Waals surface area contributed by atoms with Crippen molar-refractivity contribution in [3.8, 4) is 0 Å². The van der Waals surface area contributed by atoms with Crippen LogP contribution in [-0.4, -0.2) is 71.1 Å². The number of carbonyl (C=O) groups is 5. The first-order valence-corrected chi connectivity index (χ1v) is 8.73. The zero-order valence-electron chi connectivity index (χ0n) is 15.9. The first-order valence-electron chi connectivity index (χ1n) is 8.73. The molecule has 0 aliphatic carbocycles. The lowest BCUT2D eigenvalue weighted by molar-refractivity contribution is -0.143. The van der Waals surface area contributed by atoms with E-state index in [2.05, 4.69) is 16.0 Å². The summed E-state index contributed by atoms with van der Waals surface area (Å²) in [6.07, 6.45) is -0.115. The number of hydrogen-bond donors (Lipinski definition) is 7. The highest BCUT2D eigenvalue weighted by Gasteiger charge is 2.29. The Morgan fingerprint density at radius 3 is 1.89 bits per heavy atom. The maximum absolute atomic E-state index is 12.5. The Hall–Kier alpha value is -2.73. The highest BCUT2D eigenvalue weighted by Crippen LogP contribution is 2.07. The number of primary amides is 1. The summed E-state index contributed by atoms with van der Waals surface area (Å²) in [5.41, 5.74) is 10.3. The lowest BCUT2D eigenvalue weighted by Gasteiger charge is -2.25. The Morgan fingerprint density at radius 2 is 1.46 bits per heavy atom. The molecular formula is C16H29N5O7. The summed E-state index contributed by atoms with van der Waals surface area (Å²) in [5, 5.41) is 24.9. The molecule has 0 aromatic heterocycles. The van der Waals surface area contributed by atoms with Gasteiger partial charge in [-0.25, -0.2) is 4.79 Å². The van der Waals surface area contributed by atoms with E-state index >= 15 is 0 Å². The molecule has 0 rings (SSSR count). The van der Waals surface area contributed by atoms with Gasteiger partial charge in [-0.1, -0.05) is 13.8 Å². The van der Waals surface area contributed by atoms with Gasteiger partial charge in [0.05, 0.1) is 13.2 Å². The molecule has 0 radical (unpaired) electrons. The number of aliphatic hydroxyl groups excluding tert-OH is 1. The van der Waals surface area contributed by atoms with Crippen molar-refractivity contribution in [2.45, 2.75) is 51.2 Å². The second-order valence-corrected chi connectivity index (χ2v) is 6.60. The molecule has 0 saturated carbocycles. The Kier molecular flexibility index (Phi) is 11.4. The van der Waals surface area contributed by atoms with Crippen LogP contribution in [0.15, 0.2) is 0 Å². The summed E-state index contributed by atoms with van der Waals surface area (Å²) >= 11 is 0. The van der Waals surface area contributed by atoms with E-state index in [0.29, 0.717) is 0 Å².